The first-order valence-corrected chi connectivity index (χ1v) is 11.9. The van der Waals surface area contributed by atoms with Gasteiger partial charge in [0.05, 0.1) is 25.1 Å². The van der Waals surface area contributed by atoms with E-state index in [0.29, 0.717) is 19.4 Å². The number of ether oxygens (including phenoxy) is 1. The number of carbonyl (C=O) groups excluding carboxylic acids is 3. The minimum absolute atomic E-state index is 0.0574. The molecule has 0 saturated carbocycles. The SMILES string of the molecule is CC(C)C[C@H](NC(=O)Cc1ccncc1)C(=O)NC1CCN(C(=O)OCc2ccccc2)CC1O. The summed E-state index contributed by atoms with van der Waals surface area (Å²) in [6.07, 6.45) is 2.79. The van der Waals surface area contributed by atoms with Gasteiger partial charge in [-0.25, -0.2) is 4.79 Å². The summed E-state index contributed by atoms with van der Waals surface area (Å²) in [6, 6.07) is 11.6. The monoisotopic (exact) mass is 482 g/mol. The highest BCUT2D eigenvalue weighted by Crippen LogP contribution is 2.15. The van der Waals surface area contributed by atoms with Crippen LogP contribution in [0.3, 0.4) is 0 Å². The molecule has 1 fully saturated rings. The van der Waals surface area contributed by atoms with E-state index >= 15 is 0 Å². The van der Waals surface area contributed by atoms with Crippen LogP contribution in [-0.2, 0) is 27.4 Å². The van der Waals surface area contributed by atoms with Gasteiger partial charge in [0.2, 0.25) is 11.8 Å². The fourth-order valence-corrected chi connectivity index (χ4v) is 3.99. The molecule has 3 rings (SSSR count). The molecule has 0 radical (unpaired) electrons. The third-order valence-corrected chi connectivity index (χ3v) is 5.85. The first-order chi connectivity index (χ1) is 16.8. The Labute approximate surface area is 205 Å². The lowest BCUT2D eigenvalue weighted by molar-refractivity contribution is -0.130. The van der Waals surface area contributed by atoms with E-state index in [-0.39, 0.29) is 37.3 Å². The summed E-state index contributed by atoms with van der Waals surface area (Å²) in [7, 11) is 0. The van der Waals surface area contributed by atoms with E-state index in [1.165, 1.54) is 4.90 Å². The topological polar surface area (TPSA) is 121 Å². The van der Waals surface area contributed by atoms with Crippen molar-refractivity contribution < 1.29 is 24.2 Å². The van der Waals surface area contributed by atoms with Gasteiger partial charge in [-0.15, -0.1) is 0 Å². The average molecular weight is 483 g/mol. The minimum atomic E-state index is -0.941. The lowest BCUT2D eigenvalue weighted by atomic mass is 9.99. The number of aliphatic hydroxyl groups is 1. The van der Waals surface area contributed by atoms with Gasteiger partial charge in [0.25, 0.3) is 0 Å². The molecule has 2 heterocycles. The summed E-state index contributed by atoms with van der Waals surface area (Å²) in [5.41, 5.74) is 1.69. The molecule has 1 aliphatic rings. The van der Waals surface area contributed by atoms with Crippen LogP contribution >= 0.6 is 0 Å². The Morgan fingerprint density at radius 3 is 2.49 bits per heavy atom. The third-order valence-electron chi connectivity index (χ3n) is 5.85. The smallest absolute Gasteiger partial charge is 0.410 e. The molecule has 1 aliphatic heterocycles. The van der Waals surface area contributed by atoms with Crippen LogP contribution < -0.4 is 10.6 Å². The van der Waals surface area contributed by atoms with Crippen molar-refractivity contribution in [2.45, 2.75) is 57.9 Å². The predicted octanol–water partition coefficient (Wildman–Crippen LogP) is 2.04. The molecule has 2 aromatic rings. The quantitative estimate of drug-likeness (QED) is 0.503. The molecule has 2 unspecified atom stereocenters. The number of rotatable bonds is 9. The van der Waals surface area contributed by atoms with E-state index in [9.17, 15) is 19.5 Å². The maximum atomic E-state index is 13.0. The largest absolute Gasteiger partial charge is 0.445 e. The van der Waals surface area contributed by atoms with Crippen molar-refractivity contribution in [3.8, 4) is 0 Å². The van der Waals surface area contributed by atoms with E-state index in [0.717, 1.165) is 11.1 Å². The molecule has 9 nitrogen and oxygen atoms in total. The summed E-state index contributed by atoms with van der Waals surface area (Å²) < 4.78 is 5.34. The molecule has 3 atom stereocenters. The van der Waals surface area contributed by atoms with Crippen LogP contribution in [0.15, 0.2) is 54.9 Å². The fraction of sp³-hybridized carbons (Fsp3) is 0.462. The second kappa shape index (κ2) is 12.9. The number of aromatic nitrogens is 1. The van der Waals surface area contributed by atoms with Crippen LogP contribution in [-0.4, -0.2) is 64.2 Å². The second-order valence-electron chi connectivity index (χ2n) is 9.24. The lowest BCUT2D eigenvalue weighted by Gasteiger charge is -2.36. The van der Waals surface area contributed by atoms with Gasteiger partial charge in [0.15, 0.2) is 0 Å². The average Bonchev–Trinajstić information content (AvgIpc) is 2.84. The zero-order valence-corrected chi connectivity index (χ0v) is 20.2. The molecule has 1 aromatic carbocycles. The number of pyridine rings is 1. The zero-order valence-electron chi connectivity index (χ0n) is 20.2. The summed E-state index contributed by atoms with van der Waals surface area (Å²) in [4.78, 5) is 43.3. The van der Waals surface area contributed by atoms with Gasteiger partial charge >= 0.3 is 6.09 Å². The maximum Gasteiger partial charge on any atom is 0.410 e. The van der Waals surface area contributed by atoms with Crippen molar-refractivity contribution in [1.82, 2.24) is 20.5 Å². The highest BCUT2D eigenvalue weighted by molar-refractivity contribution is 5.88. The van der Waals surface area contributed by atoms with Gasteiger partial charge in [-0.2, -0.15) is 0 Å². The molecule has 1 saturated heterocycles. The van der Waals surface area contributed by atoms with E-state index < -0.39 is 24.3 Å². The molecule has 188 valence electrons. The lowest BCUT2D eigenvalue weighted by Crippen LogP contribution is -2.58. The number of piperidine rings is 1. The number of nitrogens with zero attached hydrogens (tertiary/aromatic N) is 2. The maximum absolute atomic E-state index is 13.0. The number of likely N-dealkylation sites (tertiary alicyclic amines) is 1. The van der Waals surface area contributed by atoms with Crippen LogP contribution in [0, 0.1) is 5.92 Å². The Kier molecular flexibility index (Phi) is 9.60. The molecule has 0 bridgehead atoms. The molecule has 35 heavy (non-hydrogen) atoms. The Balaban J connectivity index is 1.50. The molecular formula is C26H34N4O5. The van der Waals surface area contributed by atoms with Crippen LogP contribution in [0.5, 0.6) is 0 Å². The minimum Gasteiger partial charge on any atom is -0.445 e. The number of nitrogens with one attached hydrogen (secondary N) is 2. The first-order valence-electron chi connectivity index (χ1n) is 11.9. The molecule has 1 aromatic heterocycles. The van der Waals surface area contributed by atoms with Gasteiger partial charge in [-0.1, -0.05) is 44.2 Å². The third kappa shape index (κ3) is 8.36. The predicted molar refractivity (Wildman–Crippen MR) is 130 cm³/mol. The van der Waals surface area contributed by atoms with Gasteiger partial charge in [0.1, 0.15) is 12.6 Å². The second-order valence-corrected chi connectivity index (χ2v) is 9.24. The van der Waals surface area contributed by atoms with Crippen LogP contribution in [0.4, 0.5) is 4.79 Å². The van der Waals surface area contributed by atoms with Crippen LogP contribution in [0.1, 0.15) is 37.8 Å². The van der Waals surface area contributed by atoms with E-state index in [1.54, 1.807) is 24.5 Å². The summed E-state index contributed by atoms with van der Waals surface area (Å²) in [5, 5.41) is 16.3. The van der Waals surface area contributed by atoms with E-state index in [2.05, 4.69) is 15.6 Å². The number of β-amino-alcohol motifs (C(OH)–C–C–N with tert-alkyl or cyclic N) is 1. The molecular weight excluding hydrogens is 448 g/mol. The Morgan fingerprint density at radius 1 is 1.11 bits per heavy atom. The highest BCUT2D eigenvalue weighted by atomic mass is 16.6. The van der Waals surface area contributed by atoms with Crippen molar-refractivity contribution in [3.63, 3.8) is 0 Å². The van der Waals surface area contributed by atoms with Crippen molar-refractivity contribution >= 4 is 17.9 Å². The van der Waals surface area contributed by atoms with E-state index in [1.807, 2.05) is 44.2 Å². The van der Waals surface area contributed by atoms with Crippen molar-refractivity contribution in [2.75, 3.05) is 13.1 Å². The van der Waals surface area contributed by atoms with E-state index in [4.69, 9.17) is 4.74 Å². The Hall–Kier alpha value is -3.46. The number of aliphatic hydroxyl groups excluding tert-OH is 1. The molecule has 0 spiro atoms. The van der Waals surface area contributed by atoms with Gasteiger partial charge < -0.3 is 25.4 Å². The van der Waals surface area contributed by atoms with Crippen molar-refractivity contribution in [3.05, 3.63) is 66.0 Å². The number of benzene rings is 1. The number of hydrogen-bond donors (Lipinski definition) is 3. The number of carbonyl (C=O) groups is 3. The molecule has 0 aliphatic carbocycles. The standard InChI is InChI=1S/C26H34N4O5/c1-18(2)14-22(28-24(32)15-19-8-11-27-12-9-19)25(33)29-21-10-13-30(16-23(21)31)26(34)35-17-20-6-4-3-5-7-20/h3-9,11-12,18,21-23,31H,10,13-17H2,1-2H3,(H,28,32)(H,29,33)/t21?,22-,23?/m0/s1. The van der Waals surface area contributed by atoms with Crippen LogP contribution in [0.2, 0.25) is 0 Å². The van der Waals surface area contributed by atoms with Crippen molar-refractivity contribution in [1.29, 1.82) is 0 Å². The van der Waals surface area contributed by atoms with Crippen LogP contribution in [0.25, 0.3) is 0 Å². The summed E-state index contributed by atoms with van der Waals surface area (Å²) in [5.74, 6) is -0.419. The summed E-state index contributed by atoms with van der Waals surface area (Å²) >= 11 is 0. The Bertz CT molecular complexity index is 970. The summed E-state index contributed by atoms with van der Waals surface area (Å²) in [6.45, 7) is 4.51. The number of hydrogen-bond acceptors (Lipinski definition) is 6. The Morgan fingerprint density at radius 2 is 1.83 bits per heavy atom. The van der Waals surface area contributed by atoms with Gasteiger partial charge in [-0.05, 0) is 42.0 Å². The molecule has 3 N–H and O–H groups in total. The van der Waals surface area contributed by atoms with Gasteiger partial charge in [-0.3, -0.25) is 14.6 Å². The van der Waals surface area contributed by atoms with Gasteiger partial charge in [0, 0.05) is 18.9 Å². The zero-order chi connectivity index (χ0) is 25.2. The highest BCUT2D eigenvalue weighted by Gasteiger charge is 2.33. The first kappa shape index (κ1) is 26.2. The molecule has 3 amide bonds. The fourth-order valence-electron chi connectivity index (χ4n) is 3.99. The normalized spacial score (nSPS) is 18.6. The van der Waals surface area contributed by atoms with Crippen molar-refractivity contribution in [2.24, 2.45) is 5.92 Å². The molecule has 9 heteroatoms. The number of amides is 3.